The minimum atomic E-state index is -0.665. The first-order valence-electron chi connectivity index (χ1n) is 10.6. The van der Waals surface area contributed by atoms with E-state index < -0.39 is 6.04 Å². The van der Waals surface area contributed by atoms with E-state index in [0.29, 0.717) is 18.8 Å². The van der Waals surface area contributed by atoms with Crippen molar-refractivity contribution in [3.63, 3.8) is 0 Å². The zero-order valence-corrected chi connectivity index (χ0v) is 17.8. The molecule has 0 radical (unpaired) electrons. The van der Waals surface area contributed by atoms with Crippen LogP contribution >= 0.6 is 0 Å². The van der Waals surface area contributed by atoms with Crippen LogP contribution in [0.2, 0.25) is 0 Å². The van der Waals surface area contributed by atoms with Gasteiger partial charge < -0.3 is 9.26 Å². The van der Waals surface area contributed by atoms with E-state index in [1.165, 1.54) is 0 Å². The number of ether oxygens (including phenoxy) is 1. The van der Waals surface area contributed by atoms with Gasteiger partial charge in [-0.05, 0) is 12.5 Å². The van der Waals surface area contributed by atoms with Crippen LogP contribution in [0.15, 0.2) is 107 Å². The van der Waals surface area contributed by atoms with Crippen molar-refractivity contribution in [2.45, 2.75) is 19.4 Å². The molecule has 160 valence electrons. The van der Waals surface area contributed by atoms with Gasteiger partial charge in [0.05, 0.1) is 18.5 Å². The molecule has 1 heterocycles. The molecule has 5 nitrogen and oxygen atoms in total. The number of hydrogen-bond acceptors (Lipinski definition) is 5. The van der Waals surface area contributed by atoms with Gasteiger partial charge >= 0.3 is 5.97 Å². The molecule has 4 aromatic rings. The molecule has 0 aliphatic heterocycles. The summed E-state index contributed by atoms with van der Waals surface area (Å²) in [5, 5.41) is 3.75. The highest BCUT2D eigenvalue weighted by molar-refractivity contribution is 6.13. The molecule has 5 heteroatoms. The van der Waals surface area contributed by atoms with E-state index in [4.69, 9.17) is 14.3 Å². The van der Waals surface area contributed by atoms with Crippen molar-refractivity contribution in [3.8, 4) is 11.3 Å². The number of carbonyl (C=O) groups excluding carboxylic acids is 1. The van der Waals surface area contributed by atoms with Gasteiger partial charge in [-0.2, -0.15) is 0 Å². The average Bonchev–Trinajstić information content (AvgIpc) is 3.38. The topological polar surface area (TPSA) is 64.7 Å². The Hall–Kier alpha value is -3.99. The molecule has 1 atom stereocenters. The molecule has 0 saturated carbocycles. The Kier molecular flexibility index (Phi) is 6.88. The molecule has 0 aliphatic carbocycles. The molecule has 1 aromatic heterocycles. The predicted molar refractivity (Wildman–Crippen MR) is 125 cm³/mol. The van der Waals surface area contributed by atoms with Gasteiger partial charge in [0.15, 0.2) is 11.8 Å². The third-order valence-electron chi connectivity index (χ3n) is 5.04. The summed E-state index contributed by atoms with van der Waals surface area (Å²) in [6.45, 7) is 2.11. The normalized spacial score (nSPS) is 11.5. The summed E-state index contributed by atoms with van der Waals surface area (Å²) in [5.74, 6) is 0.364. The smallest absolute Gasteiger partial charge is 0.331 e. The first-order chi connectivity index (χ1) is 15.7. The number of rotatable bonds is 8. The SMILES string of the molecule is CCOC(=O)C(Cc1ccc(-c2ccno2)cc1)N=C(c1ccccc1)c1ccccc1. The van der Waals surface area contributed by atoms with Gasteiger partial charge in [0.25, 0.3) is 0 Å². The maximum atomic E-state index is 12.8. The van der Waals surface area contributed by atoms with Crippen LogP contribution in [0.4, 0.5) is 0 Å². The third-order valence-corrected chi connectivity index (χ3v) is 5.04. The van der Waals surface area contributed by atoms with Gasteiger partial charge in [0, 0.05) is 29.2 Å². The fraction of sp³-hybridized carbons (Fsp3) is 0.148. The Balaban J connectivity index is 1.68. The van der Waals surface area contributed by atoms with Crippen molar-refractivity contribution < 1.29 is 14.1 Å². The lowest BCUT2D eigenvalue weighted by Gasteiger charge is -2.15. The second kappa shape index (κ2) is 10.4. The second-order valence-electron chi connectivity index (χ2n) is 7.26. The highest BCUT2D eigenvalue weighted by atomic mass is 16.5. The maximum Gasteiger partial charge on any atom is 0.331 e. The Morgan fingerprint density at radius 1 is 0.906 bits per heavy atom. The van der Waals surface area contributed by atoms with Crippen LogP contribution in [-0.4, -0.2) is 29.5 Å². The van der Waals surface area contributed by atoms with E-state index in [-0.39, 0.29) is 5.97 Å². The van der Waals surface area contributed by atoms with E-state index in [2.05, 4.69) is 5.16 Å². The minimum absolute atomic E-state index is 0.307. The quantitative estimate of drug-likeness (QED) is 0.282. The molecule has 0 bridgehead atoms. The highest BCUT2D eigenvalue weighted by Crippen LogP contribution is 2.21. The van der Waals surface area contributed by atoms with Crippen molar-refractivity contribution in [1.29, 1.82) is 0 Å². The first-order valence-corrected chi connectivity index (χ1v) is 10.6. The van der Waals surface area contributed by atoms with Crippen molar-refractivity contribution in [2.75, 3.05) is 6.61 Å². The maximum absolute atomic E-state index is 12.8. The van der Waals surface area contributed by atoms with Crippen molar-refractivity contribution in [2.24, 2.45) is 4.99 Å². The van der Waals surface area contributed by atoms with E-state index in [9.17, 15) is 4.79 Å². The lowest BCUT2D eigenvalue weighted by atomic mass is 10.00. The van der Waals surface area contributed by atoms with Crippen LogP contribution in [-0.2, 0) is 16.0 Å². The van der Waals surface area contributed by atoms with E-state index in [0.717, 1.165) is 28.0 Å². The molecule has 32 heavy (non-hydrogen) atoms. The second-order valence-corrected chi connectivity index (χ2v) is 7.26. The van der Waals surface area contributed by atoms with Gasteiger partial charge in [0.2, 0.25) is 0 Å². The number of benzene rings is 3. The monoisotopic (exact) mass is 424 g/mol. The summed E-state index contributed by atoms with van der Waals surface area (Å²) in [5.41, 5.74) is 4.58. The van der Waals surface area contributed by atoms with E-state index in [1.54, 1.807) is 13.1 Å². The standard InChI is InChI=1S/C27H24N2O3/c1-2-31-27(30)24(19-20-13-15-21(16-14-20)25-17-18-28-32-25)29-26(22-9-5-3-6-10-22)23-11-7-4-8-12-23/h3-18,24H,2,19H2,1H3. The Morgan fingerprint density at radius 3 is 2.06 bits per heavy atom. The van der Waals surface area contributed by atoms with Crippen LogP contribution in [0.1, 0.15) is 23.6 Å². The van der Waals surface area contributed by atoms with Crippen LogP contribution in [0.3, 0.4) is 0 Å². The molecule has 0 N–H and O–H groups in total. The molecule has 3 aromatic carbocycles. The molecule has 0 fully saturated rings. The van der Waals surface area contributed by atoms with Crippen molar-refractivity contribution in [1.82, 2.24) is 5.16 Å². The largest absolute Gasteiger partial charge is 0.464 e. The molecular weight excluding hydrogens is 400 g/mol. The van der Waals surface area contributed by atoms with Crippen molar-refractivity contribution in [3.05, 3.63) is 114 Å². The van der Waals surface area contributed by atoms with Crippen molar-refractivity contribution >= 4 is 11.7 Å². The molecular formula is C27H24N2O3. The number of aliphatic imine (C=N–C) groups is 1. The average molecular weight is 425 g/mol. The fourth-order valence-electron chi connectivity index (χ4n) is 3.48. The molecule has 1 unspecified atom stereocenters. The van der Waals surface area contributed by atoms with Gasteiger partial charge in [-0.3, -0.25) is 4.99 Å². The minimum Gasteiger partial charge on any atom is -0.464 e. The first kappa shape index (κ1) is 21.2. The molecule has 0 spiro atoms. The summed E-state index contributed by atoms with van der Waals surface area (Å²) in [6, 6.07) is 28.8. The summed E-state index contributed by atoms with van der Waals surface area (Å²) in [6.07, 6.45) is 2.04. The third kappa shape index (κ3) is 5.19. The van der Waals surface area contributed by atoms with E-state index >= 15 is 0 Å². The lowest BCUT2D eigenvalue weighted by molar-refractivity contribution is -0.144. The van der Waals surface area contributed by atoms with Crippen LogP contribution in [0, 0.1) is 0 Å². The Morgan fingerprint density at radius 2 is 1.53 bits per heavy atom. The summed E-state index contributed by atoms with van der Waals surface area (Å²) in [7, 11) is 0. The van der Waals surface area contributed by atoms with E-state index in [1.807, 2.05) is 91.0 Å². The summed E-state index contributed by atoms with van der Waals surface area (Å²) < 4.78 is 10.6. The Labute approximate surface area is 187 Å². The summed E-state index contributed by atoms with van der Waals surface area (Å²) in [4.78, 5) is 17.8. The number of carbonyl (C=O) groups is 1. The zero-order chi connectivity index (χ0) is 22.2. The van der Waals surface area contributed by atoms with Gasteiger partial charge in [-0.1, -0.05) is 90.1 Å². The van der Waals surface area contributed by atoms with Gasteiger partial charge in [0.1, 0.15) is 0 Å². The summed E-state index contributed by atoms with van der Waals surface area (Å²) >= 11 is 0. The Bertz CT molecular complexity index is 1110. The molecule has 0 saturated heterocycles. The number of aromatic nitrogens is 1. The highest BCUT2D eigenvalue weighted by Gasteiger charge is 2.21. The zero-order valence-electron chi connectivity index (χ0n) is 17.8. The lowest BCUT2D eigenvalue weighted by Crippen LogP contribution is -2.26. The van der Waals surface area contributed by atoms with Crippen LogP contribution < -0.4 is 0 Å². The van der Waals surface area contributed by atoms with Crippen LogP contribution in [0.25, 0.3) is 11.3 Å². The van der Waals surface area contributed by atoms with Gasteiger partial charge in [-0.25, -0.2) is 4.79 Å². The molecule has 4 rings (SSSR count). The predicted octanol–water partition coefficient (Wildman–Crippen LogP) is 5.35. The number of esters is 1. The number of hydrogen-bond donors (Lipinski definition) is 0. The molecule has 0 aliphatic rings. The van der Waals surface area contributed by atoms with Gasteiger partial charge in [-0.15, -0.1) is 0 Å². The number of nitrogens with zero attached hydrogens (tertiary/aromatic N) is 2. The fourth-order valence-corrected chi connectivity index (χ4v) is 3.48. The molecule has 0 amide bonds. The van der Waals surface area contributed by atoms with Crippen LogP contribution in [0.5, 0.6) is 0 Å².